The number of methoxy groups -OCH3 is 1. The largest absolute Gasteiger partial charge is 0.476 e. The van der Waals surface area contributed by atoms with Gasteiger partial charge in [-0.15, -0.1) is 0 Å². The molecule has 0 aliphatic heterocycles. The van der Waals surface area contributed by atoms with E-state index in [-0.39, 0.29) is 19.1 Å². The zero-order valence-corrected chi connectivity index (χ0v) is 17.6. The van der Waals surface area contributed by atoms with Gasteiger partial charge in [0, 0.05) is 0 Å². The molecule has 1 atom stereocenters. The summed E-state index contributed by atoms with van der Waals surface area (Å²) in [5.74, 6) is -0.969. The molecule has 0 heterocycles. The van der Waals surface area contributed by atoms with Crippen LogP contribution in [0.1, 0.15) is 31.9 Å². The Balaban J connectivity index is 2.23. The Kier molecular flexibility index (Phi) is 7.96. The van der Waals surface area contributed by atoms with E-state index in [4.69, 9.17) is 18.3 Å². The van der Waals surface area contributed by atoms with E-state index in [1.54, 1.807) is 13.8 Å². The van der Waals surface area contributed by atoms with Crippen LogP contribution in [0.25, 0.3) is 0 Å². The fourth-order valence-corrected chi connectivity index (χ4v) is 3.90. The van der Waals surface area contributed by atoms with Crippen molar-refractivity contribution in [1.82, 2.24) is 0 Å². The van der Waals surface area contributed by atoms with Gasteiger partial charge in [0.25, 0.3) is 0 Å². The molecule has 0 N–H and O–H groups in total. The molecule has 6 nitrogen and oxygen atoms in total. The fourth-order valence-electron chi connectivity index (χ4n) is 2.36. The number of phosphoric acid groups is 1. The van der Waals surface area contributed by atoms with E-state index < -0.39 is 19.4 Å². The van der Waals surface area contributed by atoms with E-state index in [9.17, 15) is 9.36 Å². The van der Waals surface area contributed by atoms with E-state index in [0.717, 1.165) is 11.1 Å². The van der Waals surface area contributed by atoms with Crippen molar-refractivity contribution in [2.24, 2.45) is 5.92 Å². The van der Waals surface area contributed by atoms with Crippen LogP contribution in [-0.4, -0.2) is 18.7 Å². The van der Waals surface area contributed by atoms with Crippen LogP contribution in [0.15, 0.2) is 60.7 Å². The Morgan fingerprint density at radius 1 is 0.929 bits per heavy atom. The monoisotopic (exact) mass is 406 g/mol. The maximum Gasteiger partial charge on any atom is 0.476 e. The van der Waals surface area contributed by atoms with Crippen LogP contribution in [0.3, 0.4) is 0 Å². The van der Waals surface area contributed by atoms with Crippen molar-refractivity contribution in [3.63, 3.8) is 0 Å². The van der Waals surface area contributed by atoms with Crippen LogP contribution in [0.4, 0.5) is 0 Å². The van der Waals surface area contributed by atoms with Gasteiger partial charge in [-0.1, -0.05) is 74.5 Å². The maximum absolute atomic E-state index is 13.4. The standard InChI is InChI=1S/C21H27O6P/c1-17(2)21(3,20(22)24-4)27-28(23,25-15-18-11-7-5-8-12-18)26-16-19-13-9-6-10-14-19/h5-14,17H,15-16H2,1-4H3/t21-/m0/s1. The number of esters is 1. The molecule has 152 valence electrons. The lowest BCUT2D eigenvalue weighted by atomic mass is 9.93. The quantitative estimate of drug-likeness (QED) is 0.402. The second-order valence-electron chi connectivity index (χ2n) is 6.81. The summed E-state index contributed by atoms with van der Waals surface area (Å²) in [7, 11) is -2.84. The Morgan fingerprint density at radius 3 is 1.71 bits per heavy atom. The first-order chi connectivity index (χ1) is 13.3. The number of hydrogen-bond donors (Lipinski definition) is 0. The van der Waals surface area contributed by atoms with Crippen LogP contribution >= 0.6 is 7.82 Å². The highest BCUT2D eigenvalue weighted by atomic mass is 31.2. The van der Waals surface area contributed by atoms with Gasteiger partial charge in [-0.2, -0.15) is 0 Å². The van der Waals surface area contributed by atoms with E-state index >= 15 is 0 Å². The second kappa shape index (κ2) is 9.99. The first kappa shape index (κ1) is 22.3. The number of carbonyl (C=O) groups is 1. The minimum absolute atomic E-state index is 0.0161. The minimum atomic E-state index is -4.09. The third-order valence-electron chi connectivity index (χ3n) is 4.46. The number of rotatable bonds is 10. The van der Waals surface area contributed by atoms with Crippen molar-refractivity contribution in [3.8, 4) is 0 Å². The molecule has 0 radical (unpaired) electrons. The molecule has 0 aliphatic rings. The molecule has 2 rings (SSSR count). The van der Waals surface area contributed by atoms with Crippen molar-refractivity contribution < 1.29 is 27.7 Å². The van der Waals surface area contributed by atoms with E-state index in [0.29, 0.717) is 0 Å². The van der Waals surface area contributed by atoms with Gasteiger partial charge in [-0.3, -0.25) is 13.6 Å². The summed E-state index contributed by atoms with van der Waals surface area (Å²) in [5, 5.41) is 0. The highest BCUT2D eigenvalue weighted by molar-refractivity contribution is 7.48. The summed E-state index contributed by atoms with van der Waals surface area (Å²) in [6.07, 6.45) is 0. The SMILES string of the molecule is COC(=O)[C@@](C)(OP(=O)(OCc1ccccc1)OCc1ccccc1)C(C)C. The van der Waals surface area contributed by atoms with Crippen LogP contribution in [0, 0.1) is 5.92 Å². The van der Waals surface area contributed by atoms with Gasteiger partial charge in [0.2, 0.25) is 0 Å². The molecule has 0 aromatic heterocycles. The summed E-state index contributed by atoms with van der Waals surface area (Å²) < 4.78 is 35.2. The molecule has 0 bridgehead atoms. The molecule has 0 fully saturated rings. The van der Waals surface area contributed by atoms with Gasteiger partial charge < -0.3 is 4.74 Å². The van der Waals surface area contributed by atoms with Gasteiger partial charge in [0.05, 0.1) is 20.3 Å². The molecular weight excluding hydrogens is 379 g/mol. The Labute approximate surface area is 166 Å². The summed E-state index contributed by atoms with van der Waals surface area (Å²) >= 11 is 0. The number of benzene rings is 2. The summed E-state index contributed by atoms with van der Waals surface area (Å²) in [6.45, 7) is 5.10. The molecule has 0 aliphatic carbocycles. The predicted molar refractivity (Wildman–Crippen MR) is 106 cm³/mol. The Morgan fingerprint density at radius 2 is 1.36 bits per heavy atom. The van der Waals surface area contributed by atoms with Crippen LogP contribution in [0.5, 0.6) is 0 Å². The van der Waals surface area contributed by atoms with E-state index in [1.165, 1.54) is 14.0 Å². The summed E-state index contributed by atoms with van der Waals surface area (Å²) in [6, 6.07) is 18.5. The zero-order valence-electron chi connectivity index (χ0n) is 16.7. The smallest absolute Gasteiger partial charge is 0.467 e. The first-order valence-corrected chi connectivity index (χ1v) is 10.5. The number of ether oxygens (including phenoxy) is 1. The molecule has 0 saturated heterocycles. The summed E-state index contributed by atoms with van der Waals surface area (Å²) in [5.41, 5.74) is 0.121. The maximum atomic E-state index is 13.4. The molecule has 0 spiro atoms. The van der Waals surface area contributed by atoms with E-state index in [1.807, 2.05) is 60.7 Å². The molecule has 0 unspecified atom stereocenters. The minimum Gasteiger partial charge on any atom is -0.467 e. The van der Waals surface area contributed by atoms with Crippen molar-refractivity contribution >= 4 is 13.8 Å². The Bertz CT molecular complexity index is 746. The Hall–Kier alpha value is -1.98. The van der Waals surface area contributed by atoms with Gasteiger partial charge in [-0.05, 0) is 24.0 Å². The van der Waals surface area contributed by atoms with Gasteiger partial charge >= 0.3 is 13.8 Å². The van der Waals surface area contributed by atoms with Gasteiger partial charge in [0.15, 0.2) is 5.60 Å². The highest BCUT2D eigenvalue weighted by Gasteiger charge is 2.47. The van der Waals surface area contributed by atoms with E-state index in [2.05, 4.69) is 0 Å². The second-order valence-corrected chi connectivity index (χ2v) is 8.40. The zero-order chi connectivity index (χ0) is 20.6. The average Bonchev–Trinajstić information content (AvgIpc) is 2.71. The molecule has 0 saturated carbocycles. The lowest BCUT2D eigenvalue weighted by molar-refractivity contribution is -0.164. The van der Waals surface area contributed by atoms with Crippen molar-refractivity contribution in [2.45, 2.75) is 39.6 Å². The average molecular weight is 406 g/mol. The third-order valence-corrected chi connectivity index (χ3v) is 5.95. The van der Waals surface area contributed by atoms with Crippen molar-refractivity contribution in [1.29, 1.82) is 0 Å². The molecule has 2 aromatic carbocycles. The lowest BCUT2D eigenvalue weighted by Crippen LogP contribution is -2.43. The topological polar surface area (TPSA) is 71.1 Å². The number of hydrogen-bond acceptors (Lipinski definition) is 6. The van der Waals surface area contributed by atoms with Crippen molar-refractivity contribution in [2.75, 3.05) is 7.11 Å². The molecule has 28 heavy (non-hydrogen) atoms. The predicted octanol–water partition coefficient (Wildman–Crippen LogP) is 5.13. The number of phosphoric ester groups is 1. The van der Waals surface area contributed by atoms with Gasteiger partial charge in [-0.25, -0.2) is 9.36 Å². The highest BCUT2D eigenvalue weighted by Crippen LogP contribution is 2.55. The normalized spacial score (nSPS) is 13.9. The fraction of sp³-hybridized carbons (Fsp3) is 0.381. The lowest BCUT2D eigenvalue weighted by Gasteiger charge is -2.33. The first-order valence-electron chi connectivity index (χ1n) is 9.05. The summed E-state index contributed by atoms with van der Waals surface area (Å²) in [4.78, 5) is 12.3. The molecule has 0 amide bonds. The van der Waals surface area contributed by atoms with Gasteiger partial charge in [0.1, 0.15) is 0 Å². The van der Waals surface area contributed by atoms with Crippen LogP contribution < -0.4 is 0 Å². The van der Waals surface area contributed by atoms with Crippen molar-refractivity contribution in [3.05, 3.63) is 71.8 Å². The molecule has 7 heteroatoms. The number of carbonyl (C=O) groups excluding carboxylic acids is 1. The third kappa shape index (κ3) is 6.01. The molecular formula is C21H27O6P. The van der Waals surface area contributed by atoms with Crippen LogP contribution in [-0.2, 0) is 40.9 Å². The molecule has 2 aromatic rings. The van der Waals surface area contributed by atoms with Crippen LogP contribution in [0.2, 0.25) is 0 Å².